The van der Waals surface area contributed by atoms with Crippen molar-refractivity contribution in [3.63, 3.8) is 0 Å². The molecule has 8 nitrogen and oxygen atoms in total. The molecule has 3 heterocycles. The molecule has 0 aliphatic rings. The average Bonchev–Trinajstić information content (AvgIpc) is 3.26. The topological polar surface area (TPSA) is 121 Å². The number of aliphatic hydroxyl groups is 2. The fourth-order valence-electron chi connectivity index (χ4n) is 3.46. The number of pyridine rings is 1. The van der Waals surface area contributed by atoms with E-state index in [0.717, 1.165) is 27.4 Å². The molecule has 0 saturated carbocycles. The van der Waals surface area contributed by atoms with Crippen LogP contribution in [0.5, 0.6) is 0 Å². The highest BCUT2D eigenvalue weighted by Gasteiger charge is 2.23. The Morgan fingerprint density at radius 3 is 2.75 bits per heavy atom. The van der Waals surface area contributed by atoms with Crippen molar-refractivity contribution < 1.29 is 24.2 Å². The molecule has 8 heteroatoms. The second-order valence-corrected chi connectivity index (χ2v) is 6.89. The van der Waals surface area contributed by atoms with Gasteiger partial charge in [0.2, 0.25) is 5.89 Å². The Morgan fingerprint density at radius 1 is 1.29 bits per heavy atom. The van der Waals surface area contributed by atoms with Gasteiger partial charge in [0.1, 0.15) is 5.52 Å². The zero-order valence-electron chi connectivity index (χ0n) is 15.8. The number of ether oxygens (including phenoxy) is 1. The monoisotopic (exact) mass is 383 g/mol. The van der Waals surface area contributed by atoms with Gasteiger partial charge < -0.3 is 24.4 Å². The quantitative estimate of drug-likeness (QED) is 0.453. The average molecular weight is 383 g/mol. The lowest BCUT2D eigenvalue weighted by molar-refractivity contribution is 0.0370. The molecule has 0 amide bonds. The predicted molar refractivity (Wildman–Crippen MR) is 103 cm³/mol. The maximum Gasteiger partial charge on any atom is 0.357 e. The zero-order valence-corrected chi connectivity index (χ0v) is 15.8. The highest BCUT2D eigenvalue weighted by molar-refractivity contribution is 6.20. The number of aliphatic hydroxyl groups excluding tert-OH is 2. The summed E-state index contributed by atoms with van der Waals surface area (Å²) in [5.74, 6) is -0.419. The molecule has 4 rings (SSSR count). The smallest absolute Gasteiger partial charge is 0.357 e. The van der Waals surface area contributed by atoms with E-state index in [-0.39, 0.29) is 17.7 Å². The molecular weight excluding hydrogens is 362 g/mol. The number of nitrogens with one attached hydrogen (secondary N) is 1. The largest absolute Gasteiger partial charge is 0.458 e. The van der Waals surface area contributed by atoms with Gasteiger partial charge in [-0.3, -0.25) is 0 Å². The summed E-state index contributed by atoms with van der Waals surface area (Å²) in [4.78, 5) is 24.6. The lowest BCUT2D eigenvalue weighted by atomic mass is 10.0. The fraction of sp³-hybridized carbons (Fsp3) is 0.350. The van der Waals surface area contributed by atoms with E-state index in [1.165, 1.54) is 0 Å². The van der Waals surface area contributed by atoms with Crippen LogP contribution in [0.1, 0.15) is 48.8 Å². The van der Waals surface area contributed by atoms with Crippen LogP contribution in [0.2, 0.25) is 0 Å². The number of hydrogen-bond donors (Lipinski definition) is 3. The van der Waals surface area contributed by atoms with Crippen LogP contribution in [-0.4, -0.2) is 43.8 Å². The van der Waals surface area contributed by atoms with E-state index in [9.17, 15) is 15.0 Å². The number of nitrogens with zero attached hydrogens (tertiary/aromatic N) is 2. The molecule has 0 spiro atoms. The summed E-state index contributed by atoms with van der Waals surface area (Å²) in [6, 6.07) is 3.60. The van der Waals surface area contributed by atoms with E-state index in [4.69, 9.17) is 9.15 Å². The molecule has 1 unspecified atom stereocenters. The number of esters is 1. The van der Waals surface area contributed by atoms with Crippen LogP contribution >= 0.6 is 0 Å². The molecule has 3 N–H and O–H groups in total. The van der Waals surface area contributed by atoms with Gasteiger partial charge in [-0.05, 0) is 38.0 Å². The standard InChI is InChI=1S/C20H21N3O5/c1-4-10-15-12(7-21-17(10)20(26)27-9(2)3)22-11-5-6-14-18(16(11)15)23-19(28-14)13(25)8-24/h5-7,9,13,22,24-25H,4,8H2,1-3H3. The number of rotatable bonds is 5. The number of carbonyl (C=O) groups excluding carboxylic acids is 1. The molecule has 28 heavy (non-hydrogen) atoms. The number of aromatic nitrogens is 3. The van der Waals surface area contributed by atoms with Crippen LogP contribution in [0.25, 0.3) is 32.9 Å². The predicted octanol–water partition coefficient (Wildman–Crippen LogP) is 3.01. The number of fused-ring (bicyclic) bond motifs is 5. The lowest BCUT2D eigenvalue weighted by Gasteiger charge is -2.11. The minimum atomic E-state index is -1.20. The van der Waals surface area contributed by atoms with Gasteiger partial charge in [0.25, 0.3) is 0 Å². The van der Waals surface area contributed by atoms with Crippen LogP contribution in [-0.2, 0) is 11.2 Å². The second kappa shape index (κ2) is 6.88. The van der Waals surface area contributed by atoms with E-state index in [2.05, 4.69) is 15.0 Å². The Kier molecular flexibility index (Phi) is 4.52. The summed E-state index contributed by atoms with van der Waals surface area (Å²) in [6.07, 6.45) is 0.736. The first-order chi connectivity index (χ1) is 13.4. The Balaban J connectivity index is 2.04. The number of benzene rings is 1. The number of aryl methyl sites for hydroxylation is 1. The molecule has 1 atom stereocenters. The van der Waals surface area contributed by atoms with Gasteiger partial charge in [0, 0.05) is 16.3 Å². The molecule has 4 aromatic rings. The molecule has 0 bridgehead atoms. The zero-order chi connectivity index (χ0) is 20.0. The van der Waals surface area contributed by atoms with Gasteiger partial charge in [-0.2, -0.15) is 0 Å². The van der Waals surface area contributed by atoms with Crippen LogP contribution < -0.4 is 0 Å². The summed E-state index contributed by atoms with van der Waals surface area (Å²) in [7, 11) is 0. The minimum absolute atomic E-state index is 0.0471. The summed E-state index contributed by atoms with van der Waals surface area (Å²) in [5.41, 5.74) is 3.66. The second-order valence-electron chi connectivity index (χ2n) is 6.89. The first-order valence-corrected chi connectivity index (χ1v) is 9.17. The SMILES string of the molecule is CCc1c(C(=O)OC(C)C)ncc2[nH]c3ccc4oc(C(O)CO)nc4c3c12. The number of aromatic amines is 1. The van der Waals surface area contributed by atoms with Crippen LogP contribution in [0.4, 0.5) is 0 Å². The molecule has 1 aromatic carbocycles. The Morgan fingerprint density at radius 2 is 2.07 bits per heavy atom. The lowest BCUT2D eigenvalue weighted by Crippen LogP contribution is -2.15. The normalized spacial score (nSPS) is 13.1. The van der Waals surface area contributed by atoms with Crippen LogP contribution in [0, 0.1) is 0 Å². The fourth-order valence-corrected chi connectivity index (χ4v) is 3.46. The summed E-state index contributed by atoms with van der Waals surface area (Å²) in [6.45, 7) is 5.05. The number of H-pyrrole nitrogens is 1. The molecule has 0 radical (unpaired) electrons. The highest BCUT2D eigenvalue weighted by atomic mass is 16.5. The van der Waals surface area contributed by atoms with Gasteiger partial charge in [0.15, 0.2) is 17.4 Å². The van der Waals surface area contributed by atoms with Gasteiger partial charge in [0.05, 0.1) is 24.4 Å². The summed E-state index contributed by atoms with van der Waals surface area (Å²) in [5, 5.41) is 20.7. The van der Waals surface area contributed by atoms with Crippen molar-refractivity contribution in [1.29, 1.82) is 0 Å². The molecule has 0 aliphatic carbocycles. The van der Waals surface area contributed by atoms with Crippen molar-refractivity contribution in [2.75, 3.05) is 6.61 Å². The first-order valence-electron chi connectivity index (χ1n) is 9.17. The number of carbonyl (C=O) groups is 1. The van der Waals surface area contributed by atoms with Crippen LogP contribution in [0.15, 0.2) is 22.7 Å². The molecule has 3 aromatic heterocycles. The van der Waals surface area contributed by atoms with E-state index >= 15 is 0 Å². The highest BCUT2D eigenvalue weighted by Crippen LogP contribution is 2.36. The van der Waals surface area contributed by atoms with Crippen molar-refractivity contribution in [3.05, 3.63) is 35.5 Å². The molecular formula is C20H21N3O5. The summed E-state index contributed by atoms with van der Waals surface area (Å²) < 4.78 is 11.0. The molecule has 146 valence electrons. The maximum absolute atomic E-state index is 12.5. The van der Waals surface area contributed by atoms with E-state index < -0.39 is 18.7 Å². The van der Waals surface area contributed by atoms with Crippen molar-refractivity contribution in [3.8, 4) is 0 Å². The van der Waals surface area contributed by atoms with Gasteiger partial charge in [-0.25, -0.2) is 14.8 Å². The summed E-state index contributed by atoms with van der Waals surface area (Å²) >= 11 is 0. The third kappa shape index (κ3) is 2.81. The molecule has 0 aliphatic heterocycles. The first kappa shape index (κ1) is 18.4. The Labute approximate surface area is 160 Å². The number of hydrogen-bond acceptors (Lipinski definition) is 7. The van der Waals surface area contributed by atoms with Gasteiger partial charge in [-0.1, -0.05) is 6.92 Å². The van der Waals surface area contributed by atoms with Crippen molar-refractivity contribution in [2.45, 2.75) is 39.4 Å². The van der Waals surface area contributed by atoms with Crippen molar-refractivity contribution in [1.82, 2.24) is 15.0 Å². The van der Waals surface area contributed by atoms with E-state index in [1.54, 1.807) is 26.1 Å². The minimum Gasteiger partial charge on any atom is -0.458 e. The van der Waals surface area contributed by atoms with Gasteiger partial charge in [-0.15, -0.1) is 0 Å². The Hall–Kier alpha value is -2.97. The van der Waals surface area contributed by atoms with Crippen molar-refractivity contribution in [2.24, 2.45) is 0 Å². The van der Waals surface area contributed by atoms with Crippen LogP contribution in [0.3, 0.4) is 0 Å². The Bertz CT molecular complexity index is 1190. The van der Waals surface area contributed by atoms with Gasteiger partial charge >= 0.3 is 5.97 Å². The molecule has 0 fully saturated rings. The number of oxazole rings is 1. The third-order valence-corrected chi connectivity index (χ3v) is 4.62. The van der Waals surface area contributed by atoms with E-state index in [0.29, 0.717) is 17.5 Å². The van der Waals surface area contributed by atoms with Crippen molar-refractivity contribution >= 4 is 38.9 Å². The maximum atomic E-state index is 12.5. The molecule has 0 saturated heterocycles. The third-order valence-electron chi connectivity index (χ3n) is 4.62. The van der Waals surface area contributed by atoms with E-state index in [1.807, 2.05) is 13.0 Å².